The largest absolute Gasteiger partial charge is 0.0625 e. The number of rotatable bonds is 6. The number of hydrogen-bond acceptors (Lipinski definition) is 0. The summed E-state index contributed by atoms with van der Waals surface area (Å²) in [6.07, 6.45) is 5.94. The van der Waals surface area contributed by atoms with E-state index in [9.17, 15) is 0 Å². The van der Waals surface area contributed by atoms with Gasteiger partial charge in [0.25, 0.3) is 0 Å². The molecule has 29 heavy (non-hydrogen) atoms. The molecule has 2 rings (SSSR count). The smallest absolute Gasteiger partial charge is 0 e. The second kappa shape index (κ2) is 13.9. The van der Waals surface area contributed by atoms with Gasteiger partial charge < -0.3 is 0 Å². The first-order chi connectivity index (χ1) is 12.9. The van der Waals surface area contributed by atoms with Gasteiger partial charge in [0.1, 0.15) is 0 Å². The molecule has 0 nitrogen and oxygen atoms in total. The minimum absolute atomic E-state index is 0. The van der Waals surface area contributed by atoms with Crippen molar-refractivity contribution in [2.24, 2.45) is 71.0 Å². The van der Waals surface area contributed by atoms with E-state index in [1.807, 2.05) is 0 Å². The van der Waals surface area contributed by atoms with Crippen LogP contribution in [0.15, 0.2) is 0 Å². The van der Waals surface area contributed by atoms with Gasteiger partial charge in [-0.2, -0.15) is 0 Å². The molecule has 0 saturated heterocycles. The minimum atomic E-state index is 0. The van der Waals surface area contributed by atoms with Gasteiger partial charge in [-0.25, -0.2) is 0 Å². The molecule has 4 atom stereocenters. The van der Waals surface area contributed by atoms with Crippen LogP contribution in [0.5, 0.6) is 0 Å². The maximum absolute atomic E-state index is 2.41. The molecule has 0 heterocycles. The zero-order valence-corrected chi connectivity index (χ0v) is 25.9. The third-order valence-corrected chi connectivity index (χ3v) is 8.71. The second-order valence-electron chi connectivity index (χ2n) is 12.6. The molecular formula is C28H56Sr. The fraction of sp³-hybridized carbons (Fsp3) is 1.00. The fourth-order valence-corrected chi connectivity index (χ4v) is 6.44. The molecule has 0 spiro atoms. The van der Waals surface area contributed by atoms with E-state index >= 15 is 0 Å². The van der Waals surface area contributed by atoms with Crippen molar-refractivity contribution in [2.75, 3.05) is 0 Å². The Morgan fingerprint density at radius 2 is 0.517 bits per heavy atom. The summed E-state index contributed by atoms with van der Waals surface area (Å²) in [5, 5.41) is 0. The van der Waals surface area contributed by atoms with E-state index in [0.29, 0.717) is 0 Å². The zero-order valence-electron chi connectivity index (χ0n) is 22.5. The molecule has 0 N–H and O–H groups in total. The Morgan fingerprint density at radius 1 is 0.345 bits per heavy atom. The van der Waals surface area contributed by atoms with Gasteiger partial charge >= 0.3 is 0 Å². The van der Waals surface area contributed by atoms with Crippen LogP contribution in [0.25, 0.3) is 0 Å². The molecule has 1 heteroatoms. The van der Waals surface area contributed by atoms with E-state index in [-0.39, 0.29) is 45.5 Å². The van der Waals surface area contributed by atoms with E-state index in [1.165, 1.54) is 25.7 Å². The topological polar surface area (TPSA) is 0 Å². The van der Waals surface area contributed by atoms with Crippen molar-refractivity contribution in [2.45, 2.75) is 109 Å². The Kier molecular flexibility index (Phi) is 14.6. The van der Waals surface area contributed by atoms with Gasteiger partial charge in [0.05, 0.1) is 0 Å². The summed E-state index contributed by atoms with van der Waals surface area (Å²) >= 11 is 0. The third-order valence-electron chi connectivity index (χ3n) is 8.71. The Balaban J connectivity index is 0.000000523. The predicted molar refractivity (Wildman–Crippen MR) is 134 cm³/mol. The molecule has 2 saturated carbocycles. The van der Waals surface area contributed by atoms with E-state index in [1.54, 1.807) is 0 Å². The van der Waals surface area contributed by atoms with E-state index in [2.05, 4.69) is 83.1 Å². The van der Waals surface area contributed by atoms with Crippen LogP contribution in [0.2, 0.25) is 0 Å². The van der Waals surface area contributed by atoms with Crippen LogP contribution in [-0.2, 0) is 0 Å². The Morgan fingerprint density at radius 3 is 0.621 bits per heavy atom. The predicted octanol–water partition coefficient (Wildman–Crippen LogP) is 8.81. The summed E-state index contributed by atoms with van der Waals surface area (Å²) in [6.45, 7) is 28.8. The van der Waals surface area contributed by atoms with Crippen molar-refractivity contribution >= 4 is 45.5 Å². The molecule has 0 aromatic carbocycles. The molecule has 4 unspecified atom stereocenters. The molecule has 170 valence electrons. The maximum Gasteiger partial charge on any atom is 0 e. The molecule has 2 radical (unpaired) electrons. The van der Waals surface area contributed by atoms with Crippen molar-refractivity contribution in [1.29, 1.82) is 0 Å². The molecular weight excluding hydrogens is 424 g/mol. The van der Waals surface area contributed by atoms with Gasteiger partial charge in [-0.05, 0) is 96.7 Å². The summed E-state index contributed by atoms with van der Waals surface area (Å²) in [5.41, 5.74) is 0. The van der Waals surface area contributed by atoms with Gasteiger partial charge in [-0.3, -0.25) is 0 Å². The van der Waals surface area contributed by atoms with Crippen LogP contribution in [0.3, 0.4) is 0 Å². The van der Waals surface area contributed by atoms with Crippen LogP contribution in [0, 0.1) is 71.0 Å². The van der Waals surface area contributed by atoms with Gasteiger partial charge in [0, 0.05) is 45.5 Å². The molecule has 0 aromatic heterocycles. The van der Waals surface area contributed by atoms with Gasteiger partial charge in [0.15, 0.2) is 0 Å². The normalized spacial score (nSPS) is 32.5. The van der Waals surface area contributed by atoms with Crippen LogP contribution in [0.4, 0.5) is 0 Å². The van der Waals surface area contributed by atoms with E-state index < -0.39 is 0 Å². The fourth-order valence-electron chi connectivity index (χ4n) is 6.44. The zero-order chi connectivity index (χ0) is 21.8. The summed E-state index contributed by atoms with van der Waals surface area (Å²) in [7, 11) is 0. The third kappa shape index (κ3) is 9.09. The first kappa shape index (κ1) is 30.5. The Hall–Kier alpha value is 1.48. The SMILES string of the molecule is CC(C)C1CC(C(C)C)C(C(C)C)C1.CC(C)C1CC(C(C)C)C(C(C)C)C1.[Sr]. The van der Waals surface area contributed by atoms with Gasteiger partial charge in [-0.1, -0.05) is 83.1 Å². The van der Waals surface area contributed by atoms with Crippen LogP contribution < -0.4 is 0 Å². The molecule has 0 amide bonds. The Labute approximate surface area is 223 Å². The van der Waals surface area contributed by atoms with Gasteiger partial charge in [-0.15, -0.1) is 0 Å². The van der Waals surface area contributed by atoms with Crippen molar-refractivity contribution in [3.8, 4) is 0 Å². The monoisotopic (exact) mass is 480 g/mol. The summed E-state index contributed by atoms with van der Waals surface area (Å²) in [5.74, 6) is 11.2. The summed E-state index contributed by atoms with van der Waals surface area (Å²) < 4.78 is 0. The number of hydrogen-bond donors (Lipinski definition) is 0. The first-order valence-corrected chi connectivity index (χ1v) is 12.9. The van der Waals surface area contributed by atoms with Crippen molar-refractivity contribution in [1.82, 2.24) is 0 Å². The van der Waals surface area contributed by atoms with E-state index in [0.717, 1.165) is 71.0 Å². The molecule has 2 aliphatic carbocycles. The maximum atomic E-state index is 2.41. The van der Waals surface area contributed by atoms with Crippen molar-refractivity contribution in [3.05, 3.63) is 0 Å². The van der Waals surface area contributed by atoms with Crippen LogP contribution in [-0.4, -0.2) is 45.5 Å². The van der Waals surface area contributed by atoms with Crippen LogP contribution >= 0.6 is 0 Å². The molecule has 0 bridgehead atoms. The van der Waals surface area contributed by atoms with Gasteiger partial charge in [0.2, 0.25) is 0 Å². The summed E-state index contributed by atoms with van der Waals surface area (Å²) in [4.78, 5) is 0. The average molecular weight is 480 g/mol. The Bertz CT molecular complexity index is 348. The first-order valence-electron chi connectivity index (χ1n) is 12.9. The standard InChI is InChI=1S/2C14H28.Sr/c2*1-9(2)12-7-13(10(3)4)14(8-12)11(5)6;/h2*9-14H,7-8H2,1-6H3;. The molecule has 2 fully saturated rings. The minimum Gasteiger partial charge on any atom is -0.0625 e. The van der Waals surface area contributed by atoms with Crippen molar-refractivity contribution < 1.29 is 0 Å². The molecule has 0 aromatic rings. The van der Waals surface area contributed by atoms with E-state index in [4.69, 9.17) is 0 Å². The van der Waals surface area contributed by atoms with Crippen LogP contribution in [0.1, 0.15) is 109 Å². The van der Waals surface area contributed by atoms with Crippen molar-refractivity contribution in [3.63, 3.8) is 0 Å². The molecule has 0 aliphatic heterocycles. The summed E-state index contributed by atoms with van der Waals surface area (Å²) in [6, 6.07) is 0. The second-order valence-corrected chi connectivity index (χ2v) is 12.6. The average Bonchev–Trinajstić information content (AvgIpc) is 3.20. The quantitative estimate of drug-likeness (QED) is 0.333. The molecule has 2 aliphatic rings.